The van der Waals surface area contributed by atoms with Gasteiger partial charge in [-0.05, 0) is 38.6 Å². The van der Waals surface area contributed by atoms with E-state index in [1.165, 1.54) is 32.2 Å². The minimum Gasteiger partial charge on any atom is -0.391 e. The van der Waals surface area contributed by atoms with Crippen LogP contribution in [-0.4, -0.2) is 34.7 Å². The average Bonchev–Trinajstić information content (AvgIpc) is 2.49. The second-order valence-electron chi connectivity index (χ2n) is 5.16. The molecule has 82 valence electrons. The average molecular weight is 197 g/mol. The highest BCUT2D eigenvalue weighted by atomic mass is 16.3. The summed E-state index contributed by atoms with van der Waals surface area (Å²) in [6.07, 6.45) is 6.00. The van der Waals surface area contributed by atoms with Crippen LogP contribution in [0.3, 0.4) is 0 Å². The molecule has 2 rings (SSSR count). The maximum absolute atomic E-state index is 9.99. The van der Waals surface area contributed by atoms with Crippen LogP contribution in [-0.2, 0) is 0 Å². The largest absolute Gasteiger partial charge is 0.391 e. The minimum atomic E-state index is -0.0588. The van der Waals surface area contributed by atoms with Gasteiger partial charge in [-0.3, -0.25) is 4.90 Å². The van der Waals surface area contributed by atoms with Crippen molar-refractivity contribution in [1.29, 1.82) is 0 Å². The van der Waals surface area contributed by atoms with Gasteiger partial charge < -0.3 is 5.11 Å². The number of rotatable bonds is 1. The maximum Gasteiger partial charge on any atom is 0.0695 e. The summed E-state index contributed by atoms with van der Waals surface area (Å²) in [5.74, 6) is 0.809. The first-order valence-electron chi connectivity index (χ1n) is 6.14. The molecule has 1 saturated carbocycles. The first-order chi connectivity index (χ1) is 6.70. The van der Waals surface area contributed by atoms with Crippen LogP contribution in [0, 0.1) is 5.92 Å². The summed E-state index contributed by atoms with van der Waals surface area (Å²) < 4.78 is 0. The van der Waals surface area contributed by atoms with Crippen molar-refractivity contribution in [3.05, 3.63) is 0 Å². The zero-order valence-corrected chi connectivity index (χ0v) is 9.45. The van der Waals surface area contributed by atoms with Crippen LogP contribution < -0.4 is 0 Å². The molecule has 0 radical (unpaired) electrons. The van der Waals surface area contributed by atoms with E-state index in [2.05, 4.69) is 18.7 Å². The molecule has 2 heteroatoms. The molecule has 1 N–H and O–H groups in total. The van der Waals surface area contributed by atoms with Gasteiger partial charge in [0.2, 0.25) is 0 Å². The van der Waals surface area contributed by atoms with Crippen LogP contribution in [0.5, 0.6) is 0 Å². The quantitative estimate of drug-likeness (QED) is 0.695. The molecule has 1 saturated heterocycles. The Morgan fingerprint density at radius 2 is 1.79 bits per heavy atom. The molecule has 0 amide bonds. The molecule has 0 aromatic carbocycles. The second kappa shape index (κ2) is 4.19. The number of hydrogen-bond acceptors (Lipinski definition) is 2. The molecule has 4 atom stereocenters. The number of nitrogens with zero attached hydrogens (tertiary/aromatic N) is 1. The Hall–Kier alpha value is -0.0800. The normalized spacial score (nSPS) is 45.6. The van der Waals surface area contributed by atoms with Crippen molar-refractivity contribution in [3.63, 3.8) is 0 Å². The first-order valence-corrected chi connectivity index (χ1v) is 6.14. The molecule has 2 nitrogen and oxygen atoms in total. The van der Waals surface area contributed by atoms with Crippen molar-refractivity contribution in [2.75, 3.05) is 6.54 Å². The Bertz CT molecular complexity index is 193. The third kappa shape index (κ3) is 1.82. The van der Waals surface area contributed by atoms with Crippen LogP contribution in [0.15, 0.2) is 0 Å². The molecule has 1 heterocycles. The molecule has 2 aliphatic rings. The first kappa shape index (κ1) is 10.4. The molecule has 0 bridgehead atoms. The van der Waals surface area contributed by atoms with Gasteiger partial charge >= 0.3 is 0 Å². The SMILES string of the molecule is CC1CCN([C@H]2CCCC[C@@H]2O)C1C. The summed E-state index contributed by atoms with van der Waals surface area (Å²) in [5, 5.41) is 9.99. The monoisotopic (exact) mass is 197 g/mol. The molecule has 14 heavy (non-hydrogen) atoms. The van der Waals surface area contributed by atoms with Gasteiger partial charge in [0, 0.05) is 12.1 Å². The molecular weight excluding hydrogens is 174 g/mol. The molecule has 2 unspecified atom stereocenters. The smallest absolute Gasteiger partial charge is 0.0695 e. The summed E-state index contributed by atoms with van der Waals surface area (Å²) in [7, 11) is 0. The van der Waals surface area contributed by atoms with Crippen molar-refractivity contribution < 1.29 is 5.11 Å². The fourth-order valence-corrected chi connectivity index (χ4v) is 3.07. The molecule has 0 spiro atoms. The zero-order valence-electron chi connectivity index (χ0n) is 9.45. The zero-order chi connectivity index (χ0) is 10.1. The Morgan fingerprint density at radius 1 is 1.07 bits per heavy atom. The van der Waals surface area contributed by atoms with Crippen LogP contribution in [0.1, 0.15) is 46.0 Å². The lowest BCUT2D eigenvalue weighted by Gasteiger charge is -2.38. The van der Waals surface area contributed by atoms with Crippen molar-refractivity contribution in [2.45, 2.75) is 64.1 Å². The fourth-order valence-electron chi connectivity index (χ4n) is 3.07. The van der Waals surface area contributed by atoms with Crippen LogP contribution in [0.4, 0.5) is 0 Å². The van der Waals surface area contributed by atoms with Crippen LogP contribution in [0.2, 0.25) is 0 Å². The highest BCUT2D eigenvalue weighted by molar-refractivity contribution is 4.91. The van der Waals surface area contributed by atoms with E-state index in [0.29, 0.717) is 12.1 Å². The van der Waals surface area contributed by atoms with Gasteiger partial charge in [0.25, 0.3) is 0 Å². The van der Waals surface area contributed by atoms with E-state index >= 15 is 0 Å². The highest BCUT2D eigenvalue weighted by Crippen LogP contribution is 2.31. The summed E-state index contributed by atoms with van der Waals surface area (Å²) in [6, 6.07) is 1.14. The number of likely N-dealkylation sites (tertiary alicyclic amines) is 1. The predicted molar refractivity (Wildman–Crippen MR) is 58.2 cm³/mol. The standard InChI is InChI=1S/C12H23NO/c1-9-7-8-13(10(9)2)11-5-3-4-6-12(11)14/h9-12,14H,3-8H2,1-2H3/t9?,10?,11-,12-/m0/s1. The Kier molecular flexibility index (Phi) is 3.13. The maximum atomic E-state index is 9.99. The number of aliphatic hydroxyl groups excluding tert-OH is 1. The number of hydrogen-bond donors (Lipinski definition) is 1. The van der Waals surface area contributed by atoms with Gasteiger partial charge in [-0.25, -0.2) is 0 Å². The van der Waals surface area contributed by atoms with Crippen molar-refractivity contribution >= 4 is 0 Å². The Balaban J connectivity index is 1.99. The summed E-state index contributed by atoms with van der Waals surface area (Å²) in [5.41, 5.74) is 0. The number of aliphatic hydroxyl groups is 1. The molecular formula is C12H23NO. The predicted octanol–water partition coefficient (Wildman–Crippen LogP) is 2.02. The lowest BCUT2D eigenvalue weighted by atomic mass is 9.90. The van der Waals surface area contributed by atoms with E-state index in [9.17, 15) is 5.11 Å². The van der Waals surface area contributed by atoms with Crippen LogP contribution >= 0.6 is 0 Å². The van der Waals surface area contributed by atoms with E-state index < -0.39 is 0 Å². The fraction of sp³-hybridized carbons (Fsp3) is 1.00. The van der Waals surface area contributed by atoms with Crippen molar-refractivity contribution in [1.82, 2.24) is 4.90 Å². The minimum absolute atomic E-state index is 0.0588. The summed E-state index contributed by atoms with van der Waals surface area (Å²) in [4.78, 5) is 2.55. The third-order valence-electron chi connectivity index (χ3n) is 4.31. The van der Waals surface area contributed by atoms with E-state index in [-0.39, 0.29) is 6.10 Å². The van der Waals surface area contributed by atoms with Gasteiger partial charge in [-0.1, -0.05) is 19.8 Å². The lowest BCUT2D eigenvalue weighted by Crippen LogP contribution is -2.47. The van der Waals surface area contributed by atoms with Crippen LogP contribution in [0.25, 0.3) is 0 Å². The highest BCUT2D eigenvalue weighted by Gasteiger charge is 2.36. The van der Waals surface area contributed by atoms with Gasteiger partial charge in [0.15, 0.2) is 0 Å². The Morgan fingerprint density at radius 3 is 2.36 bits per heavy atom. The van der Waals surface area contributed by atoms with E-state index in [0.717, 1.165) is 12.3 Å². The van der Waals surface area contributed by atoms with Gasteiger partial charge in [-0.2, -0.15) is 0 Å². The Labute approximate surface area is 87.3 Å². The molecule has 1 aliphatic heterocycles. The molecule has 1 aliphatic carbocycles. The molecule has 0 aromatic rings. The summed E-state index contributed by atoms with van der Waals surface area (Å²) >= 11 is 0. The van der Waals surface area contributed by atoms with Gasteiger partial charge in [0.05, 0.1) is 6.10 Å². The van der Waals surface area contributed by atoms with Gasteiger partial charge in [-0.15, -0.1) is 0 Å². The molecule has 2 fully saturated rings. The van der Waals surface area contributed by atoms with E-state index in [1.54, 1.807) is 0 Å². The summed E-state index contributed by atoms with van der Waals surface area (Å²) in [6.45, 7) is 5.85. The van der Waals surface area contributed by atoms with Gasteiger partial charge in [0.1, 0.15) is 0 Å². The lowest BCUT2D eigenvalue weighted by molar-refractivity contribution is 0.0134. The second-order valence-corrected chi connectivity index (χ2v) is 5.16. The van der Waals surface area contributed by atoms with Crippen molar-refractivity contribution in [3.8, 4) is 0 Å². The van der Waals surface area contributed by atoms with E-state index in [4.69, 9.17) is 0 Å². The third-order valence-corrected chi connectivity index (χ3v) is 4.31. The topological polar surface area (TPSA) is 23.5 Å². The molecule has 0 aromatic heterocycles. The van der Waals surface area contributed by atoms with E-state index in [1.807, 2.05) is 0 Å². The van der Waals surface area contributed by atoms with Crippen molar-refractivity contribution in [2.24, 2.45) is 5.92 Å².